The van der Waals surface area contributed by atoms with Crippen LogP contribution in [0.3, 0.4) is 0 Å². The van der Waals surface area contributed by atoms with E-state index in [4.69, 9.17) is 4.74 Å². The second kappa shape index (κ2) is 4.90. The lowest BCUT2D eigenvalue weighted by atomic mass is 9.99. The minimum absolute atomic E-state index is 0.869. The molecule has 0 spiro atoms. The van der Waals surface area contributed by atoms with E-state index in [-0.39, 0.29) is 0 Å². The normalized spacial score (nSPS) is 11.5. The number of H-pyrrole nitrogens is 2. The molecule has 3 aromatic carbocycles. The van der Waals surface area contributed by atoms with Crippen LogP contribution in [0, 0.1) is 0 Å². The van der Waals surface area contributed by atoms with Gasteiger partial charge >= 0.3 is 0 Å². The molecule has 3 heteroatoms. The largest absolute Gasteiger partial charge is 0.497 e. The van der Waals surface area contributed by atoms with Crippen LogP contribution in [0.5, 0.6) is 5.75 Å². The molecule has 5 aromatic rings. The third kappa shape index (κ3) is 1.78. The van der Waals surface area contributed by atoms with E-state index >= 15 is 0 Å². The quantitative estimate of drug-likeness (QED) is 0.445. The summed E-state index contributed by atoms with van der Waals surface area (Å²) in [6.07, 6.45) is 2.01. The Labute approximate surface area is 138 Å². The van der Waals surface area contributed by atoms with E-state index in [0.717, 1.165) is 16.8 Å². The van der Waals surface area contributed by atoms with Crippen molar-refractivity contribution in [1.29, 1.82) is 0 Å². The highest BCUT2D eigenvalue weighted by Crippen LogP contribution is 2.38. The molecule has 0 atom stereocenters. The zero-order valence-corrected chi connectivity index (χ0v) is 13.3. The summed E-state index contributed by atoms with van der Waals surface area (Å²) in [5.74, 6) is 0.869. The number of aromatic amines is 2. The summed E-state index contributed by atoms with van der Waals surface area (Å²) in [6.45, 7) is 0. The summed E-state index contributed by atoms with van der Waals surface area (Å²) in [5.41, 5.74) is 5.86. The summed E-state index contributed by atoms with van der Waals surface area (Å²) in [5, 5.41) is 3.79. The minimum Gasteiger partial charge on any atom is -0.497 e. The number of aromatic nitrogens is 2. The second-order valence-electron chi connectivity index (χ2n) is 6.01. The summed E-state index contributed by atoms with van der Waals surface area (Å²) in [6, 6.07) is 21.0. The van der Waals surface area contributed by atoms with Gasteiger partial charge in [0, 0.05) is 39.0 Å². The molecular formula is C21H16N2O. The third-order valence-electron chi connectivity index (χ3n) is 4.71. The molecule has 116 valence electrons. The van der Waals surface area contributed by atoms with Crippen LogP contribution in [0.15, 0.2) is 66.9 Å². The summed E-state index contributed by atoms with van der Waals surface area (Å²) < 4.78 is 5.27. The maximum absolute atomic E-state index is 5.27. The van der Waals surface area contributed by atoms with Gasteiger partial charge < -0.3 is 14.7 Å². The second-order valence-corrected chi connectivity index (χ2v) is 6.01. The van der Waals surface area contributed by atoms with Gasteiger partial charge in [-0.05, 0) is 35.9 Å². The van der Waals surface area contributed by atoms with Crippen LogP contribution in [0.2, 0.25) is 0 Å². The lowest BCUT2D eigenvalue weighted by molar-refractivity contribution is 0.415. The zero-order chi connectivity index (χ0) is 16.1. The Hall–Kier alpha value is -3.20. The van der Waals surface area contributed by atoms with Crippen LogP contribution in [-0.2, 0) is 0 Å². The van der Waals surface area contributed by atoms with Crippen LogP contribution in [0.4, 0.5) is 0 Å². The van der Waals surface area contributed by atoms with Gasteiger partial charge in [0.25, 0.3) is 0 Å². The predicted octanol–water partition coefficient (Wildman–Crippen LogP) is 5.48. The average molecular weight is 312 g/mol. The average Bonchev–Trinajstić information content (AvgIpc) is 3.24. The number of nitrogens with one attached hydrogen (secondary N) is 2. The molecule has 0 aliphatic rings. The highest BCUT2D eigenvalue weighted by Gasteiger charge is 2.13. The Bertz CT molecular complexity index is 1180. The Morgan fingerprint density at radius 2 is 1.67 bits per heavy atom. The number of rotatable bonds is 2. The van der Waals surface area contributed by atoms with E-state index in [9.17, 15) is 0 Å². The van der Waals surface area contributed by atoms with Crippen LogP contribution >= 0.6 is 0 Å². The fourth-order valence-corrected chi connectivity index (χ4v) is 3.58. The van der Waals surface area contributed by atoms with E-state index in [0.29, 0.717) is 0 Å². The van der Waals surface area contributed by atoms with Crippen molar-refractivity contribution in [3.8, 4) is 16.9 Å². The standard InChI is InChI=1S/C21H16N2O/c1-24-14-8-6-13(7-9-14)17-12-19-20(16-10-11-22-21(16)17)15-4-2-3-5-18(15)23-19/h2-12,22-23H,1H3. The van der Waals surface area contributed by atoms with Gasteiger partial charge in [-0.3, -0.25) is 0 Å². The molecule has 0 aliphatic carbocycles. The third-order valence-corrected chi connectivity index (χ3v) is 4.71. The molecule has 0 bridgehead atoms. The van der Waals surface area contributed by atoms with Gasteiger partial charge in [0.2, 0.25) is 0 Å². The Morgan fingerprint density at radius 3 is 2.50 bits per heavy atom. The van der Waals surface area contributed by atoms with Crippen molar-refractivity contribution in [1.82, 2.24) is 9.97 Å². The summed E-state index contributed by atoms with van der Waals surface area (Å²) in [4.78, 5) is 6.97. The van der Waals surface area contributed by atoms with E-state index in [1.54, 1.807) is 7.11 Å². The van der Waals surface area contributed by atoms with Crippen molar-refractivity contribution in [2.75, 3.05) is 7.11 Å². The molecular weight excluding hydrogens is 296 g/mol. The molecule has 2 heterocycles. The van der Waals surface area contributed by atoms with Gasteiger partial charge in [-0.25, -0.2) is 0 Å². The molecule has 2 aromatic heterocycles. The van der Waals surface area contributed by atoms with Gasteiger partial charge in [0.1, 0.15) is 5.75 Å². The van der Waals surface area contributed by atoms with Crippen LogP contribution in [-0.4, -0.2) is 17.1 Å². The SMILES string of the molecule is COc1ccc(-c2cc3[nH]c4ccccc4c3c3cc[nH]c23)cc1. The molecule has 0 amide bonds. The fourth-order valence-electron chi connectivity index (χ4n) is 3.58. The van der Waals surface area contributed by atoms with Gasteiger partial charge in [-0.2, -0.15) is 0 Å². The first-order chi connectivity index (χ1) is 11.8. The number of para-hydroxylation sites is 1. The Kier molecular flexibility index (Phi) is 2.71. The topological polar surface area (TPSA) is 40.8 Å². The summed E-state index contributed by atoms with van der Waals surface area (Å²) in [7, 11) is 1.69. The van der Waals surface area contributed by atoms with Crippen molar-refractivity contribution in [2.45, 2.75) is 0 Å². The van der Waals surface area contributed by atoms with E-state index in [1.165, 1.54) is 32.8 Å². The summed E-state index contributed by atoms with van der Waals surface area (Å²) >= 11 is 0. The Balaban J connectivity index is 1.88. The van der Waals surface area contributed by atoms with Crippen molar-refractivity contribution in [3.05, 3.63) is 66.9 Å². The smallest absolute Gasteiger partial charge is 0.118 e. The minimum atomic E-state index is 0.869. The molecule has 2 N–H and O–H groups in total. The molecule has 0 saturated carbocycles. The number of hydrogen-bond acceptors (Lipinski definition) is 1. The Morgan fingerprint density at radius 1 is 0.833 bits per heavy atom. The van der Waals surface area contributed by atoms with E-state index in [1.807, 2.05) is 18.3 Å². The zero-order valence-electron chi connectivity index (χ0n) is 13.3. The van der Waals surface area contributed by atoms with Gasteiger partial charge in [-0.15, -0.1) is 0 Å². The van der Waals surface area contributed by atoms with Crippen molar-refractivity contribution in [3.63, 3.8) is 0 Å². The molecule has 0 aliphatic heterocycles. The van der Waals surface area contributed by atoms with Crippen LogP contribution in [0.25, 0.3) is 43.8 Å². The van der Waals surface area contributed by atoms with Crippen molar-refractivity contribution >= 4 is 32.7 Å². The van der Waals surface area contributed by atoms with Gasteiger partial charge in [0.05, 0.1) is 12.6 Å². The highest BCUT2D eigenvalue weighted by atomic mass is 16.5. The highest BCUT2D eigenvalue weighted by molar-refractivity contribution is 6.22. The van der Waals surface area contributed by atoms with Crippen LogP contribution < -0.4 is 4.74 Å². The van der Waals surface area contributed by atoms with Crippen LogP contribution in [0.1, 0.15) is 0 Å². The molecule has 3 nitrogen and oxygen atoms in total. The molecule has 24 heavy (non-hydrogen) atoms. The first kappa shape index (κ1) is 13.3. The molecule has 0 radical (unpaired) electrons. The fraction of sp³-hybridized carbons (Fsp3) is 0.0476. The number of ether oxygens (including phenoxy) is 1. The maximum Gasteiger partial charge on any atom is 0.118 e. The maximum atomic E-state index is 5.27. The lowest BCUT2D eigenvalue weighted by Crippen LogP contribution is -1.85. The van der Waals surface area contributed by atoms with Gasteiger partial charge in [0.15, 0.2) is 0 Å². The van der Waals surface area contributed by atoms with E-state index in [2.05, 4.69) is 58.5 Å². The predicted molar refractivity (Wildman–Crippen MR) is 99.6 cm³/mol. The molecule has 0 fully saturated rings. The number of fused-ring (bicyclic) bond motifs is 5. The lowest BCUT2D eigenvalue weighted by Gasteiger charge is -2.07. The first-order valence-corrected chi connectivity index (χ1v) is 8.00. The van der Waals surface area contributed by atoms with Gasteiger partial charge in [-0.1, -0.05) is 30.3 Å². The number of methoxy groups -OCH3 is 1. The number of benzene rings is 3. The van der Waals surface area contributed by atoms with E-state index < -0.39 is 0 Å². The van der Waals surface area contributed by atoms with Crippen molar-refractivity contribution in [2.24, 2.45) is 0 Å². The molecule has 5 rings (SSSR count). The monoisotopic (exact) mass is 312 g/mol. The number of hydrogen-bond donors (Lipinski definition) is 2. The van der Waals surface area contributed by atoms with Crippen molar-refractivity contribution < 1.29 is 4.74 Å². The first-order valence-electron chi connectivity index (χ1n) is 8.00. The molecule has 0 saturated heterocycles. The molecule has 0 unspecified atom stereocenters.